The molecule has 0 bridgehead atoms. The number of rotatable bonds is 41. The SMILES string of the molecule is CCCCC/C=C/C/C=C/C/C=C/C/C=C/CCCC(=O)OCC(COCCC(C(=O)O)[N+](C)(C)C)OC(=O)CCCCCCCCC/C=C/CCCCCCCC. The molecule has 8 heteroatoms. The van der Waals surface area contributed by atoms with Gasteiger partial charge < -0.3 is 23.8 Å². The average Bonchev–Trinajstić information content (AvgIpc) is 3.18. The number of quaternary nitrogens is 1. The molecule has 2 unspecified atom stereocenters. The summed E-state index contributed by atoms with van der Waals surface area (Å²) in [7, 11) is 5.51. The van der Waals surface area contributed by atoms with E-state index in [1.807, 2.05) is 21.1 Å². The number of aliphatic carboxylic acids is 1. The Labute approximate surface area is 356 Å². The van der Waals surface area contributed by atoms with Gasteiger partial charge in [-0.2, -0.15) is 0 Å². The minimum absolute atomic E-state index is 0.0406. The molecular formula is C50H88NO7+. The van der Waals surface area contributed by atoms with Crippen LogP contribution in [0.1, 0.15) is 187 Å². The number of esters is 2. The van der Waals surface area contributed by atoms with Crippen LogP contribution in [0.15, 0.2) is 60.8 Å². The van der Waals surface area contributed by atoms with Gasteiger partial charge in [0.25, 0.3) is 0 Å². The smallest absolute Gasteiger partial charge is 0.362 e. The molecule has 0 aromatic heterocycles. The first-order valence-electron chi connectivity index (χ1n) is 23.3. The third kappa shape index (κ3) is 38.5. The molecule has 0 radical (unpaired) electrons. The van der Waals surface area contributed by atoms with E-state index in [0.717, 1.165) is 44.9 Å². The zero-order chi connectivity index (χ0) is 42.8. The summed E-state index contributed by atoms with van der Waals surface area (Å²) in [6.45, 7) is 4.64. The monoisotopic (exact) mass is 815 g/mol. The van der Waals surface area contributed by atoms with Crippen molar-refractivity contribution in [2.24, 2.45) is 0 Å². The van der Waals surface area contributed by atoms with Crippen molar-refractivity contribution in [2.45, 2.75) is 199 Å². The van der Waals surface area contributed by atoms with E-state index in [-0.39, 0.29) is 42.7 Å². The second kappa shape index (κ2) is 40.8. The fourth-order valence-electron chi connectivity index (χ4n) is 6.49. The minimum atomic E-state index is -0.884. The quantitative estimate of drug-likeness (QED) is 0.0284. The molecule has 334 valence electrons. The molecule has 0 rings (SSSR count). The molecular weight excluding hydrogens is 727 g/mol. The van der Waals surface area contributed by atoms with E-state index in [1.54, 1.807) is 0 Å². The van der Waals surface area contributed by atoms with Crippen molar-refractivity contribution >= 4 is 17.9 Å². The molecule has 0 aromatic rings. The summed E-state index contributed by atoms with van der Waals surface area (Å²) >= 11 is 0. The first-order valence-corrected chi connectivity index (χ1v) is 23.3. The van der Waals surface area contributed by atoms with Crippen molar-refractivity contribution in [2.75, 3.05) is 41.0 Å². The summed E-state index contributed by atoms with van der Waals surface area (Å²) in [6, 6.07) is -0.625. The van der Waals surface area contributed by atoms with Crippen LogP contribution in [0.2, 0.25) is 0 Å². The number of hydrogen-bond acceptors (Lipinski definition) is 6. The molecule has 1 N–H and O–H groups in total. The fraction of sp³-hybridized carbons (Fsp3) is 0.740. The molecule has 2 atom stereocenters. The molecule has 0 spiro atoms. The van der Waals surface area contributed by atoms with Gasteiger partial charge in [-0.1, -0.05) is 152 Å². The maximum absolute atomic E-state index is 12.7. The Hall–Kier alpha value is -2.97. The third-order valence-corrected chi connectivity index (χ3v) is 10.1. The van der Waals surface area contributed by atoms with E-state index in [9.17, 15) is 19.5 Å². The van der Waals surface area contributed by atoms with Gasteiger partial charge >= 0.3 is 17.9 Å². The predicted molar refractivity (Wildman–Crippen MR) is 243 cm³/mol. The van der Waals surface area contributed by atoms with Gasteiger partial charge in [0, 0.05) is 19.3 Å². The second-order valence-corrected chi connectivity index (χ2v) is 16.7. The van der Waals surface area contributed by atoms with E-state index in [0.29, 0.717) is 19.3 Å². The lowest BCUT2D eigenvalue weighted by atomic mass is 10.1. The predicted octanol–water partition coefficient (Wildman–Crippen LogP) is 13.0. The van der Waals surface area contributed by atoms with Crippen molar-refractivity contribution in [1.82, 2.24) is 0 Å². The Balaban J connectivity index is 4.42. The van der Waals surface area contributed by atoms with E-state index >= 15 is 0 Å². The molecule has 8 nitrogen and oxygen atoms in total. The van der Waals surface area contributed by atoms with E-state index in [1.165, 1.54) is 103 Å². The van der Waals surface area contributed by atoms with Gasteiger partial charge in [-0.05, 0) is 77.0 Å². The van der Waals surface area contributed by atoms with Crippen molar-refractivity contribution < 1.29 is 38.2 Å². The molecule has 0 aliphatic heterocycles. The number of unbranched alkanes of at least 4 members (excludes halogenated alkanes) is 17. The van der Waals surface area contributed by atoms with Crippen LogP contribution in [0.3, 0.4) is 0 Å². The number of carbonyl (C=O) groups excluding carboxylic acids is 2. The Morgan fingerprint density at radius 3 is 1.45 bits per heavy atom. The average molecular weight is 815 g/mol. The molecule has 0 aliphatic carbocycles. The summed E-state index contributed by atoms with van der Waals surface area (Å²) in [5, 5.41) is 9.63. The maximum atomic E-state index is 12.7. The summed E-state index contributed by atoms with van der Waals surface area (Å²) in [6.07, 6.45) is 49.8. The van der Waals surface area contributed by atoms with Gasteiger partial charge in [0.05, 0.1) is 34.4 Å². The molecule has 58 heavy (non-hydrogen) atoms. The number of carboxylic acids is 1. The van der Waals surface area contributed by atoms with Crippen molar-refractivity contribution in [3.8, 4) is 0 Å². The molecule has 0 fully saturated rings. The molecule has 0 heterocycles. The van der Waals surface area contributed by atoms with Crippen LogP contribution in [0.4, 0.5) is 0 Å². The highest BCUT2D eigenvalue weighted by Crippen LogP contribution is 2.13. The van der Waals surface area contributed by atoms with Gasteiger partial charge in [-0.15, -0.1) is 0 Å². The Morgan fingerprint density at radius 2 is 0.931 bits per heavy atom. The Morgan fingerprint density at radius 1 is 0.517 bits per heavy atom. The van der Waals surface area contributed by atoms with Crippen LogP contribution >= 0.6 is 0 Å². The molecule has 0 saturated heterocycles. The van der Waals surface area contributed by atoms with E-state index < -0.39 is 18.1 Å². The summed E-state index contributed by atoms with van der Waals surface area (Å²) in [5.74, 6) is -1.55. The topological polar surface area (TPSA) is 99.1 Å². The number of hydrogen-bond donors (Lipinski definition) is 1. The van der Waals surface area contributed by atoms with Gasteiger partial charge in [-0.25, -0.2) is 4.79 Å². The van der Waals surface area contributed by atoms with Gasteiger partial charge in [0.15, 0.2) is 12.1 Å². The fourth-order valence-corrected chi connectivity index (χ4v) is 6.49. The van der Waals surface area contributed by atoms with Gasteiger partial charge in [0.2, 0.25) is 0 Å². The lowest BCUT2D eigenvalue weighted by molar-refractivity contribution is -0.887. The normalized spacial score (nSPS) is 13.5. The van der Waals surface area contributed by atoms with Gasteiger partial charge in [-0.3, -0.25) is 9.59 Å². The highest BCUT2D eigenvalue weighted by molar-refractivity contribution is 5.72. The first-order chi connectivity index (χ1) is 28.1. The number of likely N-dealkylation sites (N-methyl/N-ethyl adjacent to an activating group) is 1. The lowest BCUT2D eigenvalue weighted by Gasteiger charge is -2.31. The number of carbonyl (C=O) groups is 3. The molecule has 0 amide bonds. The van der Waals surface area contributed by atoms with Crippen LogP contribution in [0, 0.1) is 0 Å². The largest absolute Gasteiger partial charge is 0.477 e. The first kappa shape index (κ1) is 55.0. The number of allylic oxidation sites excluding steroid dienone is 10. The molecule has 0 aromatic carbocycles. The number of carboxylic acid groups (broad SMARTS) is 1. The standard InChI is InChI=1S/C50H87NO7/c1-6-8-10-12-14-16-18-20-22-24-26-28-30-32-34-36-38-40-48(52)57-45-46(44-56-43-42-47(50(54)55)51(3,4)5)58-49(53)41-39-37-35-33-31-29-27-25-23-21-19-17-15-13-11-9-7-2/h14,16,20-23,26,28,32,34,46-47H,6-13,15,17-19,24-25,27,29-31,33,35-45H2,1-5H3/p+1/b16-14+,22-20+,23-21+,28-26+,34-32+. The maximum Gasteiger partial charge on any atom is 0.362 e. The van der Waals surface area contributed by atoms with Crippen LogP contribution in [0.5, 0.6) is 0 Å². The third-order valence-electron chi connectivity index (χ3n) is 10.1. The van der Waals surface area contributed by atoms with Crippen molar-refractivity contribution in [3.63, 3.8) is 0 Å². The molecule has 0 saturated carbocycles. The Bertz CT molecular complexity index is 1130. The summed E-state index contributed by atoms with van der Waals surface area (Å²) in [4.78, 5) is 37.0. The highest BCUT2D eigenvalue weighted by Gasteiger charge is 2.31. The second-order valence-electron chi connectivity index (χ2n) is 16.7. The van der Waals surface area contributed by atoms with Gasteiger partial charge in [0.1, 0.15) is 6.61 Å². The Kier molecular flexibility index (Phi) is 38.7. The zero-order valence-electron chi connectivity index (χ0n) is 38.0. The zero-order valence-corrected chi connectivity index (χ0v) is 38.0. The highest BCUT2D eigenvalue weighted by atomic mass is 16.6. The lowest BCUT2D eigenvalue weighted by Crippen LogP contribution is -2.50. The molecule has 0 aliphatic rings. The van der Waals surface area contributed by atoms with Crippen LogP contribution in [-0.2, 0) is 28.6 Å². The van der Waals surface area contributed by atoms with Crippen molar-refractivity contribution in [1.29, 1.82) is 0 Å². The van der Waals surface area contributed by atoms with E-state index in [2.05, 4.69) is 74.6 Å². The van der Waals surface area contributed by atoms with Crippen LogP contribution < -0.4 is 0 Å². The van der Waals surface area contributed by atoms with E-state index in [4.69, 9.17) is 14.2 Å². The summed E-state index contributed by atoms with van der Waals surface area (Å²) < 4.78 is 17.2. The van der Waals surface area contributed by atoms with Crippen molar-refractivity contribution in [3.05, 3.63) is 60.8 Å². The number of nitrogens with zero attached hydrogens (tertiary/aromatic N) is 1. The minimum Gasteiger partial charge on any atom is -0.477 e. The number of ether oxygens (including phenoxy) is 3. The van der Waals surface area contributed by atoms with Crippen LogP contribution in [-0.4, -0.2) is 80.6 Å². The van der Waals surface area contributed by atoms with Crippen LogP contribution in [0.25, 0.3) is 0 Å². The summed E-state index contributed by atoms with van der Waals surface area (Å²) in [5.41, 5.74) is 0.